The summed E-state index contributed by atoms with van der Waals surface area (Å²) in [5.41, 5.74) is -0.647. The fraction of sp³-hybridized carbons (Fsp3) is 0.938. The maximum Gasteiger partial charge on any atom is 0.311 e. The Morgan fingerprint density at radius 2 is 2.00 bits per heavy atom. The fourth-order valence-corrected chi connectivity index (χ4v) is 2.81. The predicted octanol–water partition coefficient (Wildman–Crippen LogP) is 2.26. The van der Waals surface area contributed by atoms with Crippen LogP contribution >= 0.6 is 0 Å². The third-order valence-corrected chi connectivity index (χ3v) is 4.98. The lowest BCUT2D eigenvalue weighted by molar-refractivity contribution is -0.242. The van der Waals surface area contributed by atoms with Crippen LogP contribution in [-0.4, -0.2) is 42.8 Å². The van der Waals surface area contributed by atoms with Gasteiger partial charge in [0.05, 0.1) is 24.7 Å². The standard InChI is InChI=1S/C16H28O5/c1-5-15(3,4)14(18)21-13-8-16(7-6-12(13)17)9-19-11(2)20-10-16/h11-13,17H,5-10H2,1-4H3. The van der Waals surface area contributed by atoms with Gasteiger partial charge < -0.3 is 19.3 Å². The molecule has 0 aromatic heterocycles. The highest BCUT2D eigenvalue weighted by molar-refractivity contribution is 5.76. The first-order valence-corrected chi connectivity index (χ1v) is 7.90. The van der Waals surface area contributed by atoms with E-state index in [0.717, 1.165) is 6.42 Å². The minimum absolute atomic E-state index is 0.132. The van der Waals surface area contributed by atoms with E-state index in [2.05, 4.69) is 0 Å². The molecule has 2 atom stereocenters. The fourth-order valence-electron chi connectivity index (χ4n) is 2.81. The molecule has 21 heavy (non-hydrogen) atoms. The van der Waals surface area contributed by atoms with Crippen molar-refractivity contribution >= 4 is 5.97 Å². The van der Waals surface area contributed by atoms with Gasteiger partial charge in [-0.25, -0.2) is 0 Å². The van der Waals surface area contributed by atoms with Gasteiger partial charge in [0.2, 0.25) is 0 Å². The third kappa shape index (κ3) is 3.76. The molecule has 1 heterocycles. The second-order valence-corrected chi connectivity index (χ2v) is 7.18. The number of hydrogen-bond donors (Lipinski definition) is 1. The van der Waals surface area contributed by atoms with Gasteiger partial charge in [-0.15, -0.1) is 0 Å². The molecule has 0 amide bonds. The minimum Gasteiger partial charge on any atom is -0.459 e. The number of rotatable bonds is 3. The lowest BCUT2D eigenvalue weighted by atomic mass is 9.72. The highest BCUT2D eigenvalue weighted by Gasteiger charge is 2.45. The molecule has 0 radical (unpaired) electrons. The van der Waals surface area contributed by atoms with E-state index in [-0.39, 0.29) is 17.7 Å². The van der Waals surface area contributed by atoms with Crippen molar-refractivity contribution < 1.29 is 24.1 Å². The molecule has 2 unspecified atom stereocenters. The van der Waals surface area contributed by atoms with Gasteiger partial charge in [-0.1, -0.05) is 6.92 Å². The van der Waals surface area contributed by atoms with E-state index in [9.17, 15) is 9.90 Å². The Labute approximate surface area is 126 Å². The molecule has 5 nitrogen and oxygen atoms in total. The summed E-state index contributed by atoms with van der Waals surface area (Å²) in [6, 6.07) is 0. The molecule has 1 spiro atoms. The molecule has 1 aliphatic carbocycles. The number of hydrogen-bond acceptors (Lipinski definition) is 5. The van der Waals surface area contributed by atoms with Crippen molar-refractivity contribution in [3.05, 3.63) is 0 Å². The molecule has 2 rings (SSSR count). The SMILES string of the molecule is CCC(C)(C)C(=O)OC1CC2(CCC1O)COC(C)OC2. The maximum atomic E-state index is 12.2. The van der Waals surface area contributed by atoms with Crippen LogP contribution in [0.2, 0.25) is 0 Å². The van der Waals surface area contributed by atoms with Crippen LogP contribution in [0.4, 0.5) is 0 Å². The van der Waals surface area contributed by atoms with E-state index in [1.807, 2.05) is 27.7 Å². The predicted molar refractivity (Wildman–Crippen MR) is 77.6 cm³/mol. The normalized spacial score (nSPS) is 37.5. The summed E-state index contributed by atoms with van der Waals surface area (Å²) < 4.78 is 16.8. The number of aliphatic hydroxyl groups excluding tert-OH is 1. The average Bonchev–Trinajstić information content (AvgIpc) is 2.46. The first kappa shape index (κ1) is 16.7. The van der Waals surface area contributed by atoms with Crippen LogP contribution in [0.1, 0.15) is 53.4 Å². The van der Waals surface area contributed by atoms with E-state index in [0.29, 0.717) is 32.5 Å². The summed E-state index contributed by atoms with van der Waals surface area (Å²) in [7, 11) is 0. The lowest BCUT2D eigenvalue weighted by Gasteiger charge is -2.45. The molecule has 5 heteroatoms. The average molecular weight is 300 g/mol. The Morgan fingerprint density at radius 3 is 2.57 bits per heavy atom. The van der Waals surface area contributed by atoms with Crippen LogP contribution in [0.15, 0.2) is 0 Å². The Morgan fingerprint density at radius 1 is 1.38 bits per heavy atom. The van der Waals surface area contributed by atoms with Crippen LogP contribution in [0.3, 0.4) is 0 Å². The van der Waals surface area contributed by atoms with Crippen molar-refractivity contribution in [3.63, 3.8) is 0 Å². The first-order valence-electron chi connectivity index (χ1n) is 7.90. The zero-order chi connectivity index (χ0) is 15.7. The van der Waals surface area contributed by atoms with E-state index >= 15 is 0 Å². The van der Waals surface area contributed by atoms with Crippen LogP contribution in [0.5, 0.6) is 0 Å². The zero-order valence-corrected chi connectivity index (χ0v) is 13.6. The Kier molecular flexibility index (Phi) is 4.96. The van der Waals surface area contributed by atoms with Gasteiger partial charge in [-0.3, -0.25) is 4.79 Å². The van der Waals surface area contributed by atoms with Crippen LogP contribution in [0, 0.1) is 10.8 Å². The van der Waals surface area contributed by atoms with Gasteiger partial charge in [0.25, 0.3) is 0 Å². The van der Waals surface area contributed by atoms with Crippen molar-refractivity contribution in [1.82, 2.24) is 0 Å². The summed E-state index contributed by atoms with van der Waals surface area (Å²) in [4.78, 5) is 12.2. The molecule has 0 bridgehead atoms. The number of ether oxygens (including phenoxy) is 3. The monoisotopic (exact) mass is 300 g/mol. The quantitative estimate of drug-likeness (QED) is 0.810. The molecule has 2 fully saturated rings. The van der Waals surface area contributed by atoms with Gasteiger partial charge in [0.1, 0.15) is 6.10 Å². The number of carbonyl (C=O) groups excluding carboxylic acids is 1. The number of esters is 1. The highest BCUT2D eigenvalue weighted by atomic mass is 16.7. The molecule has 1 saturated carbocycles. The molecule has 0 aromatic rings. The van der Waals surface area contributed by atoms with E-state index in [4.69, 9.17) is 14.2 Å². The van der Waals surface area contributed by atoms with Crippen LogP contribution < -0.4 is 0 Å². The Hall–Kier alpha value is -0.650. The molecule has 122 valence electrons. The number of carbonyl (C=O) groups is 1. The van der Waals surface area contributed by atoms with Crippen molar-refractivity contribution in [2.24, 2.45) is 10.8 Å². The molecule has 2 aliphatic rings. The molecular formula is C16H28O5. The zero-order valence-electron chi connectivity index (χ0n) is 13.6. The van der Waals surface area contributed by atoms with Gasteiger partial charge in [0, 0.05) is 5.41 Å². The molecule has 1 saturated heterocycles. The van der Waals surface area contributed by atoms with Crippen molar-refractivity contribution in [1.29, 1.82) is 0 Å². The van der Waals surface area contributed by atoms with Gasteiger partial charge in [-0.2, -0.15) is 0 Å². The molecule has 0 aromatic carbocycles. The number of aliphatic hydroxyl groups is 1. The second-order valence-electron chi connectivity index (χ2n) is 7.18. The third-order valence-electron chi connectivity index (χ3n) is 4.98. The summed E-state index contributed by atoms with van der Waals surface area (Å²) in [5.74, 6) is -0.239. The summed E-state index contributed by atoms with van der Waals surface area (Å²) in [6.07, 6.45) is 1.54. The van der Waals surface area contributed by atoms with Crippen molar-refractivity contribution in [3.8, 4) is 0 Å². The van der Waals surface area contributed by atoms with Crippen LogP contribution in [0.25, 0.3) is 0 Å². The molecule has 1 N–H and O–H groups in total. The van der Waals surface area contributed by atoms with Gasteiger partial charge in [-0.05, 0) is 46.5 Å². The summed E-state index contributed by atoms with van der Waals surface area (Å²) >= 11 is 0. The minimum atomic E-state index is -0.591. The van der Waals surface area contributed by atoms with Crippen molar-refractivity contribution in [2.45, 2.75) is 71.9 Å². The maximum absolute atomic E-state index is 12.2. The van der Waals surface area contributed by atoms with E-state index < -0.39 is 17.6 Å². The molecular weight excluding hydrogens is 272 g/mol. The topological polar surface area (TPSA) is 65.0 Å². The first-order chi connectivity index (χ1) is 9.78. The largest absolute Gasteiger partial charge is 0.459 e. The summed E-state index contributed by atoms with van der Waals surface area (Å²) in [6.45, 7) is 8.79. The lowest BCUT2D eigenvalue weighted by Crippen LogP contribution is -2.50. The second kappa shape index (κ2) is 6.23. The van der Waals surface area contributed by atoms with E-state index in [1.54, 1.807) is 0 Å². The van der Waals surface area contributed by atoms with Crippen molar-refractivity contribution in [2.75, 3.05) is 13.2 Å². The van der Waals surface area contributed by atoms with Gasteiger partial charge in [0.15, 0.2) is 6.29 Å². The highest BCUT2D eigenvalue weighted by Crippen LogP contribution is 2.41. The van der Waals surface area contributed by atoms with E-state index in [1.165, 1.54) is 0 Å². The molecule has 1 aliphatic heterocycles. The van der Waals surface area contributed by atoms with Gasteiger partial charge >= 0.3 is 5.97 Å². The summed E-state index contributed by atoms with van der Waals surface area (Å²) in [5, 5.41) is 10.2. The van der Waals surface area contributed by atoms with Crippen LogP contribution in [-0.2, 0) is 19.0 Å². The Balaban J connectivity index is 2.00. The smallest absolute Gasteiger partial charge is 0.311 e. The Bertz CT molecular complexity index is 365.